The molecule has 486 valence electrons. The lowest BCUT2D eigenvalue weighted by molar-refractivity contribution is -0.308. The fourth-order valence-corrected chi connectivity index (χ4v) is 9.01. The molecule has 3 fully saturated rings. The molecule has 0 aliphatic carbocycles. The molecule has 36 heteroatoms. The molecule has 3 aliphatic heterocycles. The van der Waals surface area contributed by atoms with Crippen LogP contribution in [0.15, 0.2) is 14.4 Å². The van der Waals surface area contributed by atoms with Gasteiger partial charge in [0.1, 0.15) is 38.1 Å². The SMILES string of the molecule is CC(=O)OC[C@H]1O[C@@H](OCCn2c(=O)n(CCO[C@@H]3O[C@H](COC(C)=O)[C@@H](OC(C)=O)[C@H](OC(C)=O)[C@H]3OC(C)=O)c(=O)n(CCO[C@@H]3O[C@H](COC(C)=O)[C@@H](OC(C)=O)[C@H](OC(C)=O)[C@H]3OC(C)=O)c2=O)[C@H](OC(C)=O)[C@@H](OC(C)=O)[C@@H]1OC(C)=O. The first-order chi connectivity index (χ1) is 40.8. The Morgan fingerprint density at radius 1 is 0.287 bits per heavy atom. The molecule has 0 N–H and O–H groups in total. The minimum absolute atomic E-state index is 0.454. The molecule has 0 unspecified atom stereocenters. The molecule has 4 heterocycles. The van der Waals surface area contributed by atoms with Gasteiger partial charge in [-0.25, -0.2) is 28.1 Å². The van der Waals surface area contributed by atoms with Gasteiger partial charge in [0, 0.05) is 83.1 Å². The normalized spacial score (nSPS) is 26.7. The zero-order valence-corrected chi connectivity index (χ0v) is 49.3. The van der Waals surface area contributed by atoms with E-state index in [1.807, 2.05) is 0 Å². The van der Waals surface area contributed by atoms with Crippen LogP contribution in [0.4, 0.5) is 0 Å². The van der Waals surface area contributed by atoms with E-state index >= 15 is 0 Å². The van der Waals surface area contributed by atoms with Crippen molar-refractivity contribution >= 4 is 71.6 Å². The van der Waals surface area contributed by atoms with Crippen molar-refractivity contribution in [3.8, 4) is 0 Å². The van der Waals surface area contributed by atoms with Crippen molar-refractivity contribution in [2.45, 2.75) is 195 Å². The summed E-state index contributed by atoms with van der Waals surface area (Å²) in [6.45, 7) is 5.05. The first-order valence-corrected chi connectivity index (χ1v) is 26.5. The van der Waals surface area contributed by atoms with E-state index in [1.54, 1.807) is 0 Å². The Hall–Kier alpha value is -8.19. The molecule has 0 amide bonds. The molecule has 1 aromatic rings. The predicted octanol–water partition coefficient (Wildman–Crippen LogP) is -3.53. The van der Waals surface area contributed by atoms with Crippen LogP contribution in [0.2, 0.25) is 0 Å². The predicted molar refractivity (Wildman–Crippen MR) is 273 cm³/mol. The maximum absolute atomic E-state index is 14.5. The monoisotopic (exact) mass is 1250 g/mol. The lowest BCUT2D eigenvalue weighted by atomic mass is 9.98. The molecule has 15 atom stereocenters. The highest BCUT2D eigenvalue weighted by Gasteiger charge is 2.56. The van der Waals surface area contributed by atoms with Crippen LogP contribution in [0.1, 0.15) is 83.1 Å². The molecule has 0 aromatic carbocycles. The molecule has 3 aliphatic rings. The van der Waals surface area contributed by atoms with Crippen LogP contribution in [0, 0.1) is 0 Å². The molecule has 0 saturated carbocycles. The van der Waals surface area contributed by atoms with Crippen molar-refractivity contribution in [3.05, 3.63) is 31.5 Å². The summed E-state index contributed by atoms with van der Waals surface area (Å²) in [6, 6.07) is 0. The Morgan fingerprint density at radius 2 is 0.471 bits per heavy atom. The summed E-state index contributed by atoms with van der Waals surface area (Å²) in [4.78, 5) is 191. The van der Waals surface area contributed by atoms with Gasteiger partial charge in [0.15, 0.2) is 73.8 Å². The lowest BCUT2D eigenvalue weighted by Crippen LogP contribution is -2.63. The van der Waals surface area contributed by atoms with E-state index in [4.69, 9.17) is 85.3 Å². The smallest absolute Gasteiger partial charge is 0.336 e. The third-order valence-corrected chi connectivity index (χ3v) is 12.0. The van der Waals surface area contributed by atoms with Gasteiger partial charge in [-0.2, -0.15) is 0 Å². The molecule has 1 aromatic heterocycles. The van der Waals surface area contributed by atoms with Gasteiger partial charge in [-0.1, -0.05) is 0 Å². The summed E-state index contributed by atoms with van der Waals surface area (Å²) in [5, 5.41) is 0. The summed E-state index contributed by atoms with van der Waals surface area (Å²) >= 11 is 0. The number of carbonyl (C=O) groups excluding carboxylic acids is 12. The Kier molecular flexibility index (Phi) is 27.1. The second kappa shape index (κ2) is 33.1. The van der Waals surface area contributed by atoms with Gasteiger partial charge in [-0.15, -0.1) is 0 Å². The van der Waals surface area contributed by atoms with Crippen molar-refractivity contribution in [1.29, 1.82) is 0 Å². The molecule has 36 nitrogen and oxygen atoms in total. The number of ether oxygens (including phenoxy) is 18. The van der Waals surface area contributed by atoms with E-state index in [-0.39, 0.29) is 0 Å². The third-order valence-electron chi connectivity index (χ3n) is 12.0. The van der Waals surface area contributed by atoms with Crippen LogP contribution in [-0.2, 0) is 162 Å². The summed E-state index contributed by atoms with van der Waals surface area (Å²) in [7, 11) is 0. The molecule has 3 saturated heterocycles. The van der Waals surface area contributed by atoms with Crippen molar-refractivity contribution in [3.63, 3.8) is 0 Å². The second-order valence-corrected chi connectivity index (χ2v) is 19.1. The Bertz CT molecular complexity index is 2550. The fraction of sp³-hybridized carbons (Fsp3) is 0.706. The largest absolute Gasteiger partial charge is 0.463 e. The van der Waals surface area contributed by atoms with E-state index in [1.165, 1.54) is 0 Å². The van der Waals surface area contributed by atoms with Gasteiger partial charge in [-0.05, 0) is 0 Å². The Balaban J connectivity index is 1.84. The number of carbonyl (C=O) groups is 12. The van der Waals surface area contributed by atoms with Crippen molar-refractivity contribution in [1.82, 2.24) is 13.7 Å². The van der Waals surface area contributed by atoms with Gasteiger partial charge < -0.3 is 85.3 Å². The topological polar surface area (TPSA) is 437 Å². The number of aromatic nitrogens is 3. The van der Waals surface area contributed by atoms with Crippen LogP contribution in [0.25, 0.3) is 0 Å². The lowest BCUT2D eigenvalue weighted by Gasteiger charge is -2.44. The highest BCUT2D eigenvalue weighted by Crippen LogP contribution is 2.33. The summed E-state index contributed by atoms with van der Waals surface area (Å²) < 4.78 is 101. The number of esters is 12. The molecule has 0 radical (unpaired) electrons. The number of hydrogen-bond donors (Lipinski definition) is 0. The fourth-order valence-electron chi connectivity index (χ4n) is 9.01. The minimum atomic E-state index is -1.83. The third kappa shape index (κ3) is 21.3. The number of nitrogens with zero attached hydrogens (tertiary/aromatic N) is 3. The van der Waals surface area contributed by atoms with Gasteiger partial charge >= 0.3 is 88.7 Å². The molecular weight excluding hydrogens is 1180 g/mol. The molecule has 0 bridgehead atoms. The average Bonchev–Trinajstić information content (AvgIpc) is 3.42. The summed E-state index contributed by atoms with van der Waals surface area (Å²) in [5.74, 6) is -11.3. The van der Waals surface area contributed by atoms with Crippen LogP contribution in [0.3, 0.4) is 0 Å². The molecule has 4 rings (SSSR count). The van der Waals surface area contributed by atoms with Crippen LogP contribution in [0.5, 0.6) is 0 Å². The highest BCUT2D eigenvalue weighted by molar-refractivity contribution is 5.71. The van der Waals surface area contributed by atoms with Crippen molar-refractivity contribution < 1.29 is 143 Å². The van der Waals surface area contributed by atoms with Crippen LogP contribution < -0.4 is 17.1 Å². The first-order valence-electron chi connectivity index (χ1n) is 26.5. The first kappa shape index (κ1) is 71.3. The maximum atomic E-state index is 14.5. The Morgan fingerprint density at radius 3 is 0.655 bits per heavy atom. The molecule has 87 heavy (non-hydrogen) atoms. The quantitative estimate of drug-likeness (QED) is 0.0608. The molecule has 0 spiro atoms. The van der Waals surface area contributed by atoms with E-state index < -0.39 is 240 Å². The average molecular weight is 1250 g/mol. The number of rotatable bonds is 27. The van der Waals surface area contributed by atoms with E-state index in [0.29, 0.717) is 13.7 Å². The molecular formula is C51H69N3O33. The zero-order chi connectivity index (χ0) is 65.1. The standard InChI is InChI=1S/C51H69N3O33/c1-22(55)73-19-34-37(76-25(4)58)40(79-28(7)61)43(82-31(10)64)46(85-34)70-16-13-52-49(67)53(14-17-71-47-44(83-32(11)65)41(80-29(8)62)38(77-26(5)59)35(86-47)20-74-23(2)56)51(69)54(50(52)68)15-18-72-48-45(84-33(12)66)42(81-30(9)63)39(78-27(6)60)36(87-48)21-75-24(3)57/h34-48H,13-21H2,1-12H3/t34-,35-,36-,37-,38-,39-,40+,41+,42+,43-,44-,45-,46-,47-,48-/m1/s1. The van der Waals surface area contributed by atoms with Crippen LogP contribution in [-0.4, -0.2) is 217 Å². The van der Waals surface area contributed by atoms with Gasteiger partial charge in [0.2, 0.25) is 0 Å². The van der Waals surface area contributed by atoms with E-state index in [2.05, 4.69) is 0 Å². The van der Waals surface area contributed by atoms with Crippen molar-refractivity contribution in [2.75, 3.05) is 39.6 Å². The summed E-state index contributed by atoms with van der Waals surface area (Å²) in [6.07, 6.45) is -25.2. The van der Waals surface area contributed by atoms with Crippen LogP contribution >= 0.6 is 0 Å². The highest BCUT2D eigenvalue weighted by atomic mass is 16.8. The van der Waals surface area contributed by atoms with Gasteiger partial charge in [-0.3, -0.25) is 57.5 Å². The number of hydrogen-bond acceptors (Lipinski definition) is 33. The second-order valence-electron chi connectivity index (χ2n) is 19.1. The van der Waals surface area contributed by atoms with Gasteiger partial charge in [0.25, 0.3) is 0 Å². The Labute approximate surface area is 493 Å². The van der Waals surface area contributed by atoms with Crippen molar-refractivity contribution in [2.24, 2.45) is 0 Å². The van der Waals surface area contributed by atoms with E-state index in [0.717, 1.165) is 83.1 Å². The van der Waals surface area contributed by atoms with E-state index in [9.17, 15) is 71.9 Å². The maximum Gasteiger partial charge on any atom is 0.336 e. The zero-order valence-electron chi connectivity index (χ0n) is 49.3. The minimum Gasteiger partial charge on any atom is -0.463 e. The summed E-state index contributed by atoms with van der Waals surface area (Å²) in [5.41, 5.74) is -4.13. The van der Waals surface area contributed by atoms with Gasteiger partial charge in [0.05, 0.1) is 39.5 Å².